The maximum Gasteiger partial charge on any atom is 0.236 e. The summed E-state index contributed by atoms with van der Waals surface area (Å²) in [4.78, 5) is 13.2. The van der Waals surface area contributed by atoms with E-state index in [2.05, 4.69) is 6.92 Å². The molecule has 0 bridgehead atoms. The number of carbonyl (C=O) groups excluding carboxylic acids is 1. The third-order valence-electron chi connectivity index (χ3n) is 2.52. The first kappa shape index (κ1) is 12.0. The summed E-state index contributed by atoms with van der Waals surface area (Å²) in [5.41, 5.74) is 0. The van der Waals surface area contributed by atoms with Crippen LogP contribution in [0.25, 0.3) is 0 Å². The average molecular weight is 210 g/mol. The predicted molar refractivity (Wildman–Crippen MR) is 56.1 cm³/mol. The van der Waals surface area contributed by atoms with E-state index in [4.69, 9.17) is 10.00 Å². The third-order valence-corrected chi connectivity index (χ3v) is 2.52. The summed E-state index contributed by atoms with van der Waals surface area (Å²) in [5.74, 6) is -0.0673. The molecule has 1 heterocycles. The van der Waals surface area contributed by atoms with Crippen LogP contribution in [-0.2, 0) is 9.53 Å². The van der Waals surface area contributed by atoms with Gasteiger partial charge in [-0.3, -0.25) is 4.79 Å². The van der Waals surface area contributed by atoms with Crippen LogP contribution >= 0.6 is 0 Å². The van der Waals surface area contributed by atoms with Crippen molar-refractivity contribution in [3.63, 3.8) is 0 Å². The van der Waals surface area contributed by atoms with Gasteiger partial charge in [0.05, 0.1) is 12.2 Å². The fourth-order valence-electron chi connectivity index (χ4n) is 1.76. The Balaban J connectivity index is 2.35. The Morgan fingerprint density at radius 2 is 2.47 bits per heavy atom. The van der Waals surface area contributed by atoms with Crippen LogP contribution in [0, 0.1) is 11.3 Å². The lowest BCUT2D eigenvalue weighted by Gasteiger charge is -2.32. The fourth-order valence-corrected chi connectivity index (χ4v) is 1.76. The van der Waals surface area contributed by atoms with Crippen LogP contribution < -0.4 is 0 Å². The zero-order valence-electron chi connectivity index (χ0n) is 9.24. The van der Waals surface area contributed by atoms with E-state index in [0.29, 0.717) is 6.54 Å². The number of ether oxygens (including phenoxy) is 1. The fraction of sp³-hybridized carbons (Fsp3) is 0.818. The van der Waals surface area contributed by atoms with Crippen molar-refractivity contribution in [3.05, 3.63) is 0 Å². The average Bonchev–Trinajstić information content (AvgIpc) is 2.27. The second kappa shape index (κ2) is 6.41. The van der Waals surface area contributed by atoms with E-state index in [1.54, 1.807) is 4.90 Å². The Morgan fingerprint density at radius 1 is 1.67 bits per heavy atom. The van der Waals surface area contributed by atoms with Gasteiger partial charge in [-0.25, -0.2) is 0 Å². The highest BCUT2D eigenvalue weighted by atomic mass is 16.5. The van der Waals surface area contributed by atoms with Gasteiger partial charge in [0.25, 0.3) is 0 Å². The topological polar surface area (TPSA) is 53.3 Å². The third kappa shape index (κ3) is 3.88. The number of carbonyl (C=O) groups is 1. The van der Waals surface area contributed by atoms with Crippen LogP contribution in [0.5, 0.6) is 0 Å². The standard InChI is InChI=1S/C11H18N2O2/c1-2-8-15-10-4-3-7-13(9-10)11(14)5-6-12/h10H,2-5,7-9H2,1H3. The molecule has 4 heteroatoms. The van der Waals surface area contributed by atoms with Gasteiger partial charge in [0.15, 0.2) is 0 Å². The Morgan fingerprint density at radius 3 is 3.13 bits per heavy atom. The van der Waals surface area contributed by atoms with Crippen molar-refractivity contribution >= 4 is 5.91 Å². The van der Waals surface area contributed by atoms with Gasteiger partial charge >= 0.3 is 0 Å². The summed E-state index contributed by atoms with van der Waals surface area (Å²) in [6.45, 7) is 4.25. The van der Waals surface area contributed by atoms with E-state index in [9.17, 15) is 4.79 Å². The van der Waals surface area contributed by atoms with Crippen molar-refractivity contribution in [1.29, 1.82) is 5.26 Å². The normalized spacial score (nSPS) is 21.1. The minimum Gasteiger partial charge on any atom is -0.376 e. The molecule has 0 radical (unpaired) electrons. The molecule has 0 aliphatic carbocycles. The molecule has 1 aliphatic heterocycles. The van der Waals surface area contributed by atoms with Gasteiger partial charge in [-0.2, -0.15) is 5.26 Å². The lowest BCUT2D eigenvalue weighted by atomic mass is 10.1. The molecule has 1 unspecified atom stereocenters. The first-order chi connectivity index (χ1) is 7.27. The smallest absolute Gasteiger partial charge is 0.236 e. The first-order valence-corrected chi connectivity index (χ1v) is 5.54. The van der Waals surface area contributed by atoms with Crippen LogP contribution in [0.3, 0.4) is 0 Å². The van der Waals surface area contributed by atoms with Gasteiger partial charge in [-0.1, -0.05) is 6.92 Å². The van der Waals surface area contributed by atoms with Crippen molar-refractivity contribution in [2.75, 3.05) is 19.7 Å². The summed E-state index contributed by atoms with van der Waals surface area (Å²) < 4.78 is 5.61. The molecule has 0 saturated carbocycles. The molecule has 0 N–H and O–H groups in total. The minimum absolute atomic E-state index is 0.0134. The Bertz CT molecular complexity index is 247. The summed E-state index contributed by atoms with van der Waals surface area (Å²) in [7, 11) is 0. The predicted octanol–water partition coefficient (Wildman–Crippen LogP) is 1.32. The number of amides is 1. The molecule has 1 fully saturated rings. The van der Waals surface area contributed by atoms with Crippen molar-refractivity contribution in [2.45, 2.75) is 38.7 Å². The minimum atomic E-state index is -0.0673. The second-order valence-corrected chi connectivity index (χ2v) is 3.81. The van der Waals surface area contributed by atoms with Gasteiger partial charge in [0.2, 0.25) is 5.91 Å². The molecule has 0 aromatic rings. The molecular formula is C11H18N2O2. The largest absolute Gasteiger partial charge is 0.376 e. The van der Waals surface area contributed by atoms with Gasteiger partial charge < -0.3 is 9.64 Å². The molecule has 15 heavy (non-hydrogen) atoms. The van der Waals surface area contributed by atoms with Gasteiger partial charge in [0, 0.05) is 19.7 Å². The molecule has 1 rings (SSSR count). The van der Waals surface area contributed by atoms with Crippen LogP contribution in [0.1, 0.15) is 32.6 Å². The van der Waals surface area contributed by atoms with E-state index in [1.807, 2.05) is 6.07 Å². The van der Waals surface area contributed by atoms with Gasteiger partial charge in [-0.05, 0) is 19.3 Å². The quantitative estimate of drug-likeness (QED) is 0.703. The van der Waals surface area contributed by atoms with Gasteiger partial charge in [0.1, 0.15) is 6.42 Å². The SMILES string of the molecule is CCCOC1CCCN(C(=O)CC#N)C1. The number of likely N-dealkylation sites (tertiary alicyclic amines) is 1. The molecule has 1 amide bonds. The lowest BCUT2D eigenvalue weighted by molar-refractivity contribution is -0.134. The Labute approximate surface area is 90.8 Å². The van der Waals surface area contributed by atoms with Crippen molar-refractivity contribution in [1.82, 2.24) is 4.90 Å². The number of piperidine rings is 1. The summed E-state index contributed by atoms with van der Waals surface area (Å²) in [5, 5.41) is 8.45. The van der Waals surface area contributed by atoms with Crippen molar-refractivity contribution < 1.29 is 9.53 Å². The van der Waals surface area contributed by atoms with Crippen LogP contribution in [0.15, 0.2) is 0 Å². The van der Waals surface area contributed by atoms with E-state index >= 15 is 0 Å². The molecular weight excluding hydrogens is 192 g/mol. The van der Waals surface area contributed by atoms with Crippen LogP contribution in [0.2, 0.25) is 0 Å². The molecule has 0 aromatic carbocycles. The summed E-state index contributed by atoms with van der Waals surface area (Å²) >= 11 is 0. The zero-order chi connectivity index (χ0) is 11.1. The maximum atomic E-state index is 11.5. The number of rotatable bonds is 4. The highest BCUT2D eigenvalue weighted by molar-refractivity contribution is 5.78. The first-order valence-electron chi connectivity index (χ1n) is 5.54. The summed E-state index contributed by atoms with van der Waals surface area (Å²) in [6.07, 6.45) is 3.16. The zero-order valence-corrected chi connectivity index (χ0v) is 9.24. The maximum absolute atomic E-state index is 11.5. The highest BCUT2D eigenvalue weighted by Crippen LogP contribution is 2.14. The Kier molecular flexibility index (Phi) is 5.13. The van der Waals surface area contributed by atoms with Gasteiger partial charge in [-0.15, -0.1) is 0 Å². The number of hydrogen-bond donors (Lipinski definition) is 0. The molecule has 0 spiro atoms. The van der Waals surface area contributed by atoms with E-state index < -0.39 is 0 Å². The van der Waals surface area contributed by atoms with E-state index in [0.717, 1.165) is 32.4 Å². The molecule has 1 saturated heterocycles. The second-order valence-electron chi connectivity index (χ2n) is 3.81. The van der Waals surface area contributed by atoms with Crippen molar-refractivity contribution in [2.24, 2.45) is 0 Å². The monoisotopic (exact) mass is 210 g/mol. The van der Waals surface area contributed by atoms with E-state index in [-0.39, 0.29) is 18.4 Å². The number of hydrogen-bond acceptors (Lipinski definition) is 3. The number of nitrogens with zero attached hydrogens (tertiary/aromatic N) is 2. The molecule has 0 aromatic heterocycles. The lowest BCUT2D eigenvalue weighted by Crippen LogP contribution is -2.43. The van der Waals surface area contributed by atoms with Crippen LogP contribution in [0.4, 0.5) is 0 Å². The van der Waals surface area contributed by atoms with Crippen molar-refractivity contribution in [3.8, 4) is 6.07 Å². The van der Waals surface area contributed by atoms with E-state index in [1.165, 1.54) is 0 Å². The highest BCUT2D eigenvalue weighted by Gasteiger charge is 2.23. The van der Waals surface area contributed by atoms with Crippen LogP contribution in [-0.4, -0.2) is 36.6 Å². The molecule has 84 valence electrons. The molecule has 1 aliphatic rings. The molecule has 4 nitrogen and oxygen atoms in total. The summed E-state index contributed by atoms with van der Waals surface area (Å²) in [6, 6.07) is 1.89. The molecule has 1 atom stereocenters. The number of nitriles is 1. The Hall–Kier alpha value is -1.08.